The highest BCUT2D eigenvalue weighted by molar-refractivity contribution is 5.75. The van der Waals surface area contributed by atoms with Gasteiger partial charge in [0.05, 0.1) is 18.8 Å². The fourth-order valence-corrected chi connectivity index (χ4v) is 2.81. The zero-order valence-electron chi connectivity index (χ0n) is 11.6. The van der Waals surface area contributed by atoms with Gasteiger partial charge in [-0.1, -0.05) is 18.1 Å². The van der Waals surface area contributed by atoms with Gasteiger partial charge in [-0.2, -0.15) is 0 Å². The summed E-state index contributed by atoms with van der Waals surface area (Å²) >= 11 is 0. The Kier molecular flexibility index (Phi) is 3.12. The van der Waals surface area contributed by atoms with Gasteiger partial charge in [-0.25, -0.2) is 0 Å². The molecule has 1 aliphatic carbocycles. The van der Waals surface area contributed by atoms with E-state index in [2.05, 4.69) is 39.0 Å². The summed E-state index contributed by atoms with van der Waals surface area (Å²) in [6, 6.07) is 8.28. The summed E-state index contributed by atoms with van der Waals surface area (Å²) in [6.07, 6.45) is 3.02. The van der Waals surface area contributed by atoms with E-state index in [1.807, 2.05) is 13.0 Å². The lowest BCUT2D eigenvalue weighted by atomic mass is 10.1. The molecular weight excluding hydrogens is 252 g/mol. The largest absolute Gasteiger partial charge is 0.497 e. The minimum atomic E-state index is -0.0637. The van der Waals surface area contributed by atoms with E-state index in [0.717, 1.165) is 12.2 Å². The highest BCUT2D eigenvalue weighted by Crippen LogP contribution is 2.39. The van der Waals surface area contributed by atoms with Crippen LogP contribution in [0.3, 0.4) is 0 Å². The third kappa shape index (κ3) is 2.02. The molecule has 5 heteroatoms. The smallest absolute Gasteiger partial charge is 0.119 e. The first kappa shape index (κ1) is 12.6. The normalized spacial score (nSPS) is 13.3. The molecule has 20 heavy (non-hydrogen) atoms. The number of azide groups is 1. The Morgan fingerprint density at radius 1 is 1.40 bits per heavy atom. The van der Waals surface area contributed by atoms with Crippen LogP contribution in [-0.4, -0.2) is 17.7 Å². The first-order valence-corrected chi connectivity index (χ1v) is 6.62. The molecule has 2 aromatic rings. The molecule has 1 heterocycles. The fourth-order valence-electron chi connectivity index (χ4n) is 2.81. The number of rotatable bonds is 4. The average molecular weight is 268 g/mol. The predicted octanol–water partition coefficient (Wildman–Crippen LogP) is 3.77. The van der Waals surface area contributed by atoms with Crippen molar-refractivity contribution >= 4 is 0 Å². The minimum absolute atomic E-state index is 0.0637. The lowest BCUT2D eigenvalue weighted by Crippen LogP contribution is -2.09. The van der Waals surface area contributed by atoms with Crippen molar-refractivity contribution in [1.82, 2.24) is 4.57 Å². The number of benzene rings is 1. The van der Waals surface area contributed by atoms with E-state index >= 15 is 0 Å². The molecule has 1 aromatic heterocycles. The van der Waals surface area contributed by atoms with Gasteiger partial charge in [0, 0.05) is 29.6 Å². The standard InChI is InChI=1S/C15H16N4O/c1-10(17-18-16)9-19-6-5-12-7-11-3-4-13(20-2)8-14(11)15(12)19/h3-6,8,10H,7,9H2,1-2H3. The second-order valence-corrected chi connectivity index (χ2v) is 5.10. The molecule has 0 fully saturated rings. The number of aromatic nitrogens is 1. The van der Waals surface area contributed by atoms with Crippen LogP contribution >= 0.6 is 0 Å². The molecule has 0 aliphatic heterocycles. The SMILES string of the molecule is COc1ccc2c(c1)-c1c(ccn1CC(C)N=[N+]=[N-])C2. The highest BCUT2D eigenvalue weighted by atomic mass is 16.5. The Morgan fingerprint density at radius 2 is 2.25 bits per heavy atom. The topological polar surface area (TPSA) is 62.9 Å². The number of fused-ring (bicyclic) bond motifs is 3. The summed E-state index contributed by atoms with van der Waals surface area (Å²) in [5, 5.41) is 3.75. The van der Waals surface area contributed by atoms with Gasteiger partial charge in [0.1, 0.15) is 5.75 Å². The van der Waals surface area contributed by atoms with Crippen LogP contribution in [0.4, 0.5) is 0 Å². The van der Waals surface area contributed by atoms with E-state index in [4.69, 9.17) is 10.3 Å². The molecule has 1 atom stereocenters. The summed E-state index contributed by atoms with van der Waals surface area (Å²) < 4.78 is 7.48. The second-order valence-electron chi connectivity index (χ2n) is 5.10. The van der Waals surface area contributed by atoms with Crippen molar-refractivity contribution in [2.75, 3.05) is 7.11 Å². The van der Waals surface area contributed by atoms with Crippen LogP contribution in [0.2, 0.25) is 0 Å². The lowest BCUT2D eigenvalue weighted by molar-refractivity contribution is 0.415. The number of ether oxygens (including phenoxy) is 1. The Labute approximate surface area is 117 Å². The fraction of sp³-hybridized carbons (Fsp3) is 0.333. The average Bonchev–Trinajstić information content (AvgIpc) is 2.98. The van der Waals surface area contributed by atoms with E-state index in [1.165, 1.54) is 22.4 Å². The summed E-state index contributed by atoms with van der Waals surface area (Å²) in [7, 11) is 1.68. The Hall–Kier alpha value is -2.39. The van der Waals surface area contributed by atoms with Crippen molar-refractivity contribution in [1.29, 1.82) is 0 Å². The molecule has 102 valence electrons. The van der Waals surface area contributed by atoms with Crippen LogP contribution in [0.5, 0.6) is 5.75 Å². The summed E-state index contributed by atoms with van der Waals surface area (Å²) in [4.78, 5) is 2.87. The zero-order chi connectivity index (χ0) is 14.1. The molecule has 0 N–H and O–H groups in total. The van der Waals surface area contributed by atoms with Gasteiger partial charge in [0.25, 0.3) is 0 Å². The third-order valence-corrected chi connectivity index (χ3v) is 3.71. The maximum Gasteiger partial charge on any atom is 0.119 e. The van der Waals surface area contributed by atoms with Gasteiger partial charge in [-0.15, -0.1) is 0 Å². The van der Waals surface area contributed by atoms with Gasteiger partial charge < -0.3 is 9.30 Å². The molecule has 0 spiro atoms. The molecule has 0 bridgehead atoms. The Bertz CT molecular complexity index is 698. The van der Waals surface area contributed by atoms with Gasteiger partial charge in [-0.05, 0) is 34.9 Å². The van der Waals surface area contributed by atoms with Crippen LogP contribution in [-0.2, 0) is 13.0 Å². The highest BCUT2D eigenvalue weighted by Gasteiger charge is 2.23. The maximum absolute atomic E-state index is 8.52. The van der Waals surface area contributed by atoms with Crippen LogP contribution in [0.15, 0.2) is 35.6 Å². The van der Waals surface area contributed by atoms with Gasteiger partial charge in [0.2, 0.25) is 0 Å². The second kappa shape index (κ2) is 4.94. The van der Waals surface area contributed by atoms with Crippen molar-refractivity contribution in [2.45, 2.75) is 25.9 Å². The van der Waals surface area contributed by atoms with E-state index in [1.54, 1.807) is 7.11 Å². The van der Waals surface area contributed by atoms with E-state index in [9.17, 15) is 0 Å². The van der Waals surface area contributed by atoms with Crippen LogP contribution < -0.4 is 4.74 Å². The number of hydrogen-bond acceptors (Lipinski definition) is 2. The Balaban J connectivity index is 2.01. The number of hydrogen-bond donors (Lipinski definition) is 0. The van der Waals surface area contributed by atoms with E-state index in [-0.39, 0.29) is 6.04 Å². The first-order valence-electron chi connectivity index (χ1n) is 6.62. The molecule has 0 amide bonds. The number of nitrogens with zero attached hydrogens (tertiary/aromatic N) is 4. The molecular formula is C15H16N4O. The summed E-state index contributed by atoms with van der Waals surface area (Å²) in [6.45, 7) is 2.61. The van der Waals surface area contributed by atoms with Crippen LogP contribution in [0, 0.1) is 0 Å². The molecule has 0 saturated carbocycles. The summed E-state index contributed by atoms with van der Waals surface area (Å²) in [5.74, 6) is 0.868. The van der Waals surface area contributed by atoms with E-state index in [0.29, 0.717) is 6.54 Å². The van der Waals surface area contributed by atoms with Crippen molar-refractivity contribution in [3.8, 4) is 17.0 Å². The quantitative estimate of drug-likeness (QED) is 0.403. The van der Waals surface area contributed by atoms with Crippen molar-refractivity contribution in [3.63, 3.8) is 0 Å². The van der Waals surface area contributed by atoms with Gasteiger partial charge in [0.15, 0.2) is 0 Å². The van der Waals surface area contributed by atoms with Gasteiger partial charge in [-0.3, -0.25) is 0 Å². The monoisotopic (exact) mass is 268 g/mol. The minimum Gasteiger partial charge on any atom is -0.497 e. The molecule has 1 aliphatic rings. The lowest BCUT2D eigenvalue weighted by Gasteiger charge is -2.12. The Morgan fingerprint density at radius 3 is 3.00 bits per heavy atom. The van der Waals surface area contributed by atoms with Crippen molar-refractivity contribution < 1.29 is 4.74 Å². The molecule has 0 saturated heterocycles. The number of methoxy groups -OCH3 is 1. The molecule has 0 radical (unpaired) electrons. The van der Waals surface area contributed by atoms with Crippen LogP contribution in [0.1, 0.15) is 18.1 Å². The molecule has 1 unspecified atom stereocenters. The molecule has 5 nitrogen and oxygen atoms in total. The molecule has 1 aromatic carbocycles. The van der Waals surface area contributed by atoms with Crippen LogP contribution in [0.25, 0.3) is 21.7 Å². The van der Waals surface area contributed by atoms with Gasteiger partial charge >= 0.3 is 0 Å². The maximum atomic E-state index is 8.52. The predicted molar refractivity (Wildman–Crippen MR) is 77.8 cm³/mol. The van der Waals surface area contributed by atoms with Crippen molar-refractivity contribution in [2.24, 2.45) is 5.11 Å². The zero-order valence-corrected chi connectivity index (χ0v) is 11.6. The van der Waals surface area contributed by atoms with E-state index < -0.39 is 0 Å². The third-order valence-electron chi connectivity index (χ3n) is 3.71. The molecule has 3 rings (SSSR count). The first-order chi connectivity index (χ1) is 9.72. The van der Waals surface area contributed by atoms with Crippen molar-refractivity contribution in [3.05, 3.63) is 52.0 Å². The summed E-state index contributed by atoms with van der Waals surface area (Å²) in [5.41, 5.74) is 13.6.